The fourth-order valence-electron chi connectivity index (χ4n) is 15.1. The van der Waals surface area contributed by atoms with E-state index in [9.17, 15) is 0 Å². The summed E-state index contributed by atoms with van der Waals surface area (Å²) in [6, 6.07) is 120. The SMILES string of the molecule is CC(C)(C)c1cc2c(cc1-c1ccccc1)c1cc(-c3ccc4c(c3)c3cc5c(cc3n4-c3cccc(-c4cc(-c6ccccc6)cc(-c6ccccc6)c4)c3)C(C)(C)c3ccccc3-5)ccc1n2-c1cccc(-c2cc(-c3ccccc3)cc(-c3ccccc3)c2)c1. The molecule has 0 N–H and O–H groups in total. The lowest BCUT2D eigenvalue weighted by Gasteiger charge is -2.24. The molecule has 0 atom stereocenters. The Labute approximate surface area is 544 Å². The third kappa shape index (κ3) is 9.63. The Bertz CT molecular complexity index is 5470. The van der Waals surface area contributed by atoms with Crippen LogP contribution in [-0.2, 0) is 10.8 Å². The highest BCUT2D eigenvalue weighted by Crippen LogP contribution is 2.52. The first kappa shape index (κ1) is 55.7. The molecule has 0 amide bonds. The van der Waals surface area contributed by atoms with Gasteiger partial charge in [0.2, 0.25) is 0 Å². The lowest BCUT2D eigenvalue weighted by atomic mass is 9.81. The van der Waals surface area contributed by atoms with Crippen LogP contribution in [0, 0.1) is 0 Å². The highest BCUT2D eigenvalue weighted by molar-refractivity contribution is 6.15. The van der Waals surface area contributed by atoms with Gasteiger partial charge in [-0.2, -0.15) is 0 Å². The third-order valence-electron chi connectivity index (χ3n) is 19.8. The van der Waals surface area contributed by atoms with E-state index in [0.29, 0.717) is 0 Å². The molecule has 0 spiro atoms. The van der Waals surface area contributed by atoms with Gasteiger partial charge in [0.15, 0.2) is 0 Å². The Morgan fingerprint density at radius 1 is 0.226 bits per heavy atom. The van der Waals surface area contributed by atoms with Gasteiger partial charge < -0.3 is 9.13 Å². The molecular formula is C91H68N2. The highest BCUT2D eigenvalue weighted by Gasteiger charge is 2.36. The van der Waals surface area contributed by atoms with Crippen LogP contribution in [0.15, 0.2) is 322 Å². The summed E-state index contributed by atoms with van der Waals surface area (Å²) >= 11 is 0. The second-order valence-corrected chi connectivity index (χ2v) is 26.9. The zero-order valence-electron chi connectivity index (χ0n) is 53.0. The van der Waals surface area contributed by atoms with Crippen LogP contribution in [0.25, 0.3) is 155 Å². The minimum atomic E-state index is -0.177. The standard InChI is InChI=1S/C91H68N2/c1-90(2,3)84-57-88-81(55-77(84)63-33-19-10-20-34-63)79-53-66(41-43-86(79)92(88)74-37-23-35-64(51-74)72-47-68(59-25-11-6-12-26-59)45-69(48-72)60-27-13-7-14-28-60)67-42-44-87-80(54-67)82-56-78-76-39-21-22-40-83(76)91(4,5)85(78)58-89(82)93(87)75-38-24-36-65(52-75)73-49-70(61-29-15-8-16-30-61)46-71(50-73)62-31-17-9-18-32-62/h6-58H,1-5H3. The summed E-state index contributed by atoms with van der Waals surface area (Å²) in [5.41, 5.74) is 32.4. The second-order valence-electron chi connectivity index (χ2n) is 26.9. The van der Waals surface area contributed by atoms with Crippen LogP contribution in [0.2, 0.25) is 0 Å². The number of benzene rings is 14. The molecule has 0 unspecified atom stereocenters. The molecule has 0 saturated carbocycles. The molecule has 17 rings (SSSR count). The molecule has 0 saturated heterocycles. The largest absolute Gasteiger partial charge is 0.309 e. The summed E-state index contributed by atoms with van der Waals surface area (Å²) in [6.07, 6.45) is 0. The van der Waals surface area contributed by atoms with Gasteiger partial charge >= 0.3 is 0 Å². The van der Waals surface area contributed by atoms with Crippen molar-refractivity contribution in [2.24, 2.45) is 0 Å². The molecule has 0 fully saturated rings. The van der Waals surface area contributed by atoms with Crippen LogP contribution in [0.4, 0.5) is 0 Å². The van der Waals surface area contributed by atoms with E-state index in [-0.39, 0.29) is 10.8 Å². The zero-order valence-corrected chi connectivity index (χ0v) is 53.0. The van der Waals surface area contributed by atoms with E-state index >= 15 is 0 Å². The van der Waals surface area contributed by atoms with Gasteiger partial charge in [0.25, 0.3) is 0 Å². The molecule has 14 aromatic carbocycles. The van der Waals surface area contributed by atoms with Crippen molar-refractivity contribution in [3.63, 3.8) is 0 Å². The zero-order chi connectivity index (χ0) is 62.5. The predicted molar refractivity (Wildman–Crippen MR) is 395 cm³/mol. The van der Waals surface area contributed by atoms with E-state index in [4.69, 9.17) is 0 Å². The maximum absolute atomic E-state index is 2.53. The number of hydrogen-bond donors (Lipinski definition) is 0. The fraction of sp³-hybridized carbons (Fsp3) is 0.0769. The summed E-state index contributed by atoms with van der Waals surface area (Å²) in [5.74, 6) is 0. The van der Waals surface area contributed by atoms with Gasteiger partial charge in [-0.3, -0.25) is 0 Å². The molecule has 0 aliphatic heterocycles. The first-order valence-electron chi connectivity index (χ1n) is 32.6. The van der Waals surface area contributed by atoms with Crippen LogP contribution in [-0.4, -0.2) is 9.13 Å². The smallest absolute Gasteiger partial charge is 0.0544 e. The number of rotatable bonds is 10. The molecular weight excluding hydrogens is 1120 g/mol. The van der Waals surface area contributed by atoms with E-state index < -0.39 is 0 Å². The molecule has 1 aliphatic carbocycles. The number of fused-ring (bicyclic) bond motifs is 9. The van der Waals surface area contributed by atoms with E-state index in [2.05, 4.69) is 365 Å². The highest BCUT2D eigenvalue weighted by atomic mass is 15.0. The van der Waals surface area contributed by atoms with Crippen molar-refractivity contribution in [1.82, 2.24) is 9.13 Å². The summed E-state index contributed by atoms with van der Waals surface area (Å²) in [4.78, 5) is 0. The van der Waals surface area contributed by atoms with Crippen molar-refractivity contribution in [3.05, 3.63) is 338 Å². The minimum Gasteiger partial charge on any atom is -0.309 e. The number of hydrogen-bond acceptors (Lipinski definition) is 0. The Hall–Kier alpha value is -11.3. The predicted octanol–water partition coefficient (Wildman–Crippen LogP) is 24.8. The molecule has 16 aromatic rings. The van der Waals surface area contributed by atoms with E-state index in [1.54, 1.807) is 0 Å². The Balaban J connectivity index is 0.858. The van der Waals surface area contributed by atoms with Crippen molar-refractivity contribution in [3.8, 4) is 112 Å². The molecule has 1 aliphatic rings. The Morgan fingerprint density at radius 3 is 1.00 bits per heavy atom. The monoisotopic (exact) mass is 1190 g/mol. The quantitative estimate of drug-likeness (QED) is 0.129. The normalized spacial score (nSPS) is 12.7. The van der Waals surface area contributed by atoms with Crippen molar-refractivity contribution in [2.75, 3.05) is 0 Å². The van der Waals surface area contributed by atoms with Gasteiger partial charge in [0, 0.05) is 38.3 Å². The summed E-state index contributed by atoms with van der Waals surface area (Å²) in [5, 5.41) is 4.90. The molecule has 2 heteroatoms. The molecule has 93 heavy (non-hydrogen) atoms. The van der Waals surface area contributed by atoms with Gasteiger partial charge in [-0.05, 0) is 231 Å². The molecule has 0 radical (unpaired) electrons. The first-order valence-corrected chi connectivity index (χ1v) is 32.6. The first-order chi connectivity index (χ1) is 45.5. The molecule has 442 valence electrons. The van der Waals surface area contributed by atoms with Crippen LogP contribution < -0.4 is 0 Å². The summed E-state index contributed by atoms with van der Waals surface area (Å²) in [7, 11) is 0. The van der Waals surface area contributed by atoms with Gasteiger partial charge in [0.1, 0.15) is 0 Å². The maximum atomic E-state index is 2.53. The van der Waals surface area contributed by atoms with Crippen molar-refractivity contribution in [1.29, 1.82) is 0 Å². The van der Waals surface area contributed by atoms with Gasteiger partial charge in [-0.15, -0.1) is 0 Å². The topological polar surface area (TPSA) is 9.86 Å². The molecule has 2 nitrogen and oxygen atoms in total. The second kappa shape index (κ2) is 22.0. The minimum absolute atomic E-state index is 0.146. The van der Waals surface area contributed by atoms with E-state index in [0.717, 1.165) is 16.9 Å². The van der Waals surface area contributed by atoms with Crippen LogP contribution in [0.5, 0.6) is 0 Å². The maximum Gasteiger partial charge on any atom is 0.0544 e. The van der Waals surface area contributed by atoms with Crippen LogP contribution in [0.1, 0.15) is 51.3 Å². The third-order valence-corrected chi connectivity index (χ3v) is 19.8. The number of nitrogens with zero attached hydrogens (tertiary/aromatic N) is 2. The lowest BCUT2D eigenvalue weighted by molar-refractivity contribution is 0.592. The van der Waals surface area contributed by atoms with Crippen molar-refractivity contribution in [2.45, 2.75) is 45.4 Å². The van der Waals surface area contributed by atoms with E-state index in [1.165, 1.54) is 155 Å². The van der Waals surface area contributed by atoms with Crippen LogP contribution in [0.3, 0.4) is 0 Å². The average Bonchev–Trinajstić information content (AvgIpc) is 1.56. The average molecular weight is 1190 g/mol. The van der Waals surface area contributed by atoms with Gasteiger partial charge in [-0.25, -0.2) is 0 Å². The van der Waals surface area contributed by atoms with Gasteiger partial charge in [-0.1, -0.05) is 247 Å². The lowest BCUT2D eigenvalue weighted by Crippen LogP contribution is -2.14. The Kier molecular flexibility index (Phi) is 13.2. The Morgan fingerprint density at radius 2 is 0.570 bits per heavy atom. The summed E-state index contributed by atoms with van der Waals surface area (Å²) in [6.45, 7) is 11.8. The fourth-order valence-corrected chi connectivity index (χ4v) is 15.1. The van der Waals surface area contributed by atoms with Crippen LogP contribution >= 0.6 is 0 Å². The molecule has 2 aromatic heterocycles. The van der Waals surface area contributed by atoms with Crippen molar-refractivity contribution >= 4 is 43.6 Å². The van der Waals surface area contributed by atoms with Gasteiger partial charge in [0.05, 0.1) is 22.1 Å². The van der Waals surface area contributed by atoms with E-state index in [1.807, 2.05) is 0 Å². The van der Waals surface area contributed by atoms with Crippen molar-refractivity contribution < 1.29 is 0 Å². The number of aromatic nitrogens is 2. The molecule has 0 bridgehead atoms. The summed E-state index contributed by atoms with van der Waals surface area (Å²) < 4.78 is 5.05. The molecule has 2 heterocycles.